The van der Waals surface area contributed by atoms with E-state index in [1.54, 1.807) is 24.3 Å². The quantitative estimate of drug-likeness (QED) is 0.363. The maximum Gasteiger partial charge on any atom is 0.288 e. The maximum atomic E-state index is 12.4. The fraction of sp³-hybridized carbons (Fsp3) is 0.111. The van der Waals surface area contributed by atoms with Gasteiger partial charge in [0.25, 0.3) is 5.76 Å². The van der Waals surface area contributed by atoms with Crippen LogP contribution in [-0.2, 0) is 5.75 Å². The number of thioether (sulfide) groups is 2. The summed E-state index contributed by atoms with van der Waals surface area (Å²) in [7, 11) is 0. The highest BCUT2D eigenvalue weighted by Crippen LogP contribution is 2.31. The van der Waals surface area contributed by atoms with E-state index in [-0.39, 0.29) is 0 Å². The van der Waals surface area contributed by atoms with Gasteiger partial charge in [-0.1, -0.05) is 47.0 Å². The molecule has 0 bridgehead atoms. The molecule has 2 aromatic carbocycles. The van der Waals surface area contributed by atoms with Crippen molar-refractivity contribution in [3.05, 3.63) is 54.4 Å². The number of nitrogens with zero attached hydrogens (tertiary/aromatic N) is 4. The van der Waals surface area contributed by atoms with Crippen LogP contribution in [0.2, 0.25) is 0 Å². The summed E-state index contributed by atoms with van der Waals surface area (Å²) in [5, 5.41) is 12.8. The minimum absolute atomic E-state index is 0.458. The number of para-hydroxylation sites is 1. The number of hydrogen-bond acceptors (Lipinski definition) is 9. The molecule has 0 amide bonds. The minimum Gasteiger partial charge on any atom is -0.383 e. The molecule has 0 spiro atoms. The molecule has 11 heteroatoms. The first-order valence-electron chi connectivity index (χ1n) is 8.36. The first-order valence-corrected chi connectivity index (χ1v) is 11.0. The van der Waals surface area contributed by atoms with Gasteiger partial charge >= 0.3 is 0 Å². The molecular formula is C18H14F2N6S3. The van der Waals surface area contributed by atoms with E-state index in [1.807, 2.05) is 24.3 Å². The summed E-state index contributed by atoms with van der Waals surface area (Å²) < 4.78 is 25.5. The Morgan fingerprint density at radius 2 is 1.83 bits per heavy atom. The molecule has 0 saturated heterocycles. The maximum absolute atomic E-state index is 12.4. The molecule has 0 unspecified atom stereocenters. The van der Waals surface area contributed by atoms with Gasteiger partial charge in [0.1, 0.15) is 11.6 Å². The first kappa shape index (κ1) is 19.8. The Labute approximate surface area is 177 Å². The summed E-state index contributed by atoms with van der Waals surface area (Å²) in [5.74, 6) is -0.829. The number of alkyl halides is 2. The zero-order chi connectivity index (χ0) is 20.2. The van der Waals surface area contributed by atoms with Crippen molar-refractivity contribution in [1.29, 1.82) is 0 Å². The Bertz CT molecular complexity index is 1120. The average molecular weight is 449 g/mol. The molecule has 0 radical (unpaired) electrons. The number of fused-ring (bicyclic) bond motifs is 1. The zero-order valence-corrected chi connectivity index (χ0v) is 17.2. The zero-order valence-electron chi connectivity index (χ0n) is 14.8. The van der Waals surface area contributed by atoms with E-state index >= 15 is 0 Å². The van der Waals surface area contributed by atoms with E-state index in [9.17, 15) is 8.78 Å². The highest BCUT2D eigenvalue weighted by atomic mass is 32.2. The van der Waals surface area contributed by atoms with Gasteiger partial charge in [-0.05, 0) is 36.4 Å². The van der Waals surface area contributed by atoms with E-state index in [2.05, 4.69) is 25.5 Å². The first-order chi connectivity index (χ1) is 14.1. The second kappa shape index (κ2) is 8.89. The molecule has 148 valence electrons. The standard InChI is InChI=1S/C18H14F2N6S3/c19-16(20)28-11-7-5-10(6-8-11)22-17-25-26-18(29-17)27-9-14-23-13-4-2-1-3-12(13)15(21)24-14/h1-8,16H,9H2,(H,22,25)(H2,21,23,24). The molecule has 6 nitrogen and oxygen atoms in total. The summed E-state index contributed by atoms with van der Waals surface area (Å²) in [4.78, 5) is 9.39. The van der Waals surface area contributed by atoms with Crippen LogP contribution in [0.15, 0.2) is 57.8 Å². The number of benzene rings is 2. The lowest BCUT2D eigenvalue weighted by Gasteiger charge is -2.04. The SMILES string of the molecule is Nc1nc(CSc2nnc(Nc3ccc(SC(F)F)cc3)s2)nc2ccccc12. The molecule has 4 aromatic rings. The van der Waals surface area contributed by atoms with Crippen molar-refractivity contribution in [1.82, 2.24) is 20.2 Å². The molecule has 0 atom stereocenters. The van der Waals surface area contributed by atoms with Gasteiger partial charge in [-0.15, -0.1) is 10.2 Å². The summed E-state index contributed by atoms with van der Waals surface area (Å²) in [6, 6.07) is 14.3. The lowest BCUT2D eigenvalue weighted by Crippen LogP contribution is -1.99. The van der Waals surface area contributed by atoms with Crippen molar-refractivity contribution in [2.24, 2.45) is 0 Å². The Balaban J connectivity index is 1.38. The second-order valence-electron chi connectivity index (χ2n) is 5.73. The van der Waals surface area contributed by atoms with Crippen LogP contribution in [-0.4, -0.2) is 25.9 Å². The number of anilines is 3. The molecule has 3 N–H and O–H groups in total. The fourth-order valence-electron chi connectivity index (χ4n) is 2.50. The Hall–Kier alpha value is -2.50. The lowest BCUT2D eigenvalue weighted by atomic mass is 10.2. The van der Waals surface area contributed by atoms with Crippen LogP contribution in [0.5, 0.6) is 0 Å². The van der Waals surface area contributed by atoms with Crippen LogP contribution in [0.1, 0.15) is 5.82 Å². The van der Waals surface area contributed by atoms with E-state index < -0.39 is 5.76 Å². The summed E-state index contributed by atoms with van der Waals surface area (Å²) in [6.45, 7) is 0. The molecule has 4 rings (SSSR count). The number of halogens is 2. The van der Waals surface area contributed by atoms with Gasteiger partial charge in [0, 0.05) is 16.0 Å². The Morgan fingerprint density at radius 1 is 1.03 bits per heavy atom. The van der Waals surface area contributed by atoms with Crippen molar-refractivity contribution in [2.75, 3.05) is 11.1 Å². The molecule has 2 aromatic heterocycles. The number of hydrogen-bond donors (Lipinski definition) is 2. The smallest absolute Gasteiger partial charge is 0.288 e. The number of nitrogens with two attached hydrogens (primary N) is 1. The average Bonchev–Trinajstić information content (AvgIpc) is 3.15. The monoisotopic (exact) mass is 448 g/mol. The van der Waals surface area contributed by atoms with Crippen LogP contribution in [0.25, 0.3) is 10.9 Å². The fourth-order valence-corrected chi connectivity index (χ4v) is 4.63. The topological polar surface area (TPSA) is 89.6 Å². The van der Waals surface area contributed by atoms with Gasteiger partial charge in [-0.3, -0.25) is 0 Å². The molecule has 0 fully saturated rings. The second-order valence-corrected chi connectivity index (χ2v) is 9.00. The van der Waals surface area contributed by atoms with E-state index in [4.69, 9.17) is 5.73 Å². The predicted octanol–water partition coefficient (Wildman–Crippen LogP) is 5.41. The molecule has 29 heavy (non-hydrogen) atoms. The summed E-state index contributed by atoms with van der Waals surface area (Å²) >= 11 is 3.37. The van der Waals surface area contributed by atoms with Crippen LogP contribution >= 0.6 is 34.9 Å². The van der Waals surface area contributed by atoms with Crippen LogP contribution < -0.4 is 11.1 Å². The van der Waals surface area contributed by atoms with Crippen molar-refractivity contribution in [3.8, 4) is 0 Å². The largest absolute Gasteiger partial charge is 0.383 e. The van der Waals surface area contributed by atoms with Gasteiger partial charge in [-0.25, -0.2) is 9.97 Å². The summed E-state index contributed by atoms with van der Waals surface area (Å²) in [6.07, 6.45) is 0. The number of aromatic nitrogens is 4. The highest BCUT2D eigenvalue weighted by molar-refractivity contribution is 8.00. The third-order valence-electron chi connectivity index (χ3n) is 3.74. The van der Waals surface area contributed by atoms with Gasteiger partial charge in [0.2, 0.25) is 5.13 Å². The normalized spacial score (nSPS) is 11.3. The van der Waals surface area contributed by atoms with Crippen LogP contribution in [0.3, 0.4) is 0 Å². The highest BCUT2D eigenvalue weighted by Gasteiger charge is 2.10. The molecule has 0 aliphatic heterocycles. The molecule has 0 aliphatic carbocycles. The van der Waals surface area contributed by atoms with E-state index in [0.29, 0.717) is 39.2 Å². The number of nitrogen functional groups attached to an aromatic ring is 1. The molecule has 0 saturated carbocycles. The molecule has 0 aliphatic rings. The van der Waals surface area contributed by atoms with Crippen molar-refractivity contribution in [2.45, 2.75) is 20.7 Å². The third-order valence-corrected chi connectivity index (χ3v) is 6.43. The van der Waals surface area contributed by atoms with Gasteiger partial charge in [-0.2, -0.15) is 8.78 Å². The Kier molecular flexibility index (Phi) is 6.07. The number of nitrogens with one attached hydrogen (secondary N) is 1. The molecular weight excluding hydrogens is 434 g/mol. The van der Waals surface area contributed by atoms with Crippen LogP contribution in [0.4, 0.5) is 25.4 Å². The van der Waals surface area contributed by atoms with Crippen molar-refractivity contribution < 1.29 is 8.78 Å². The van der Waals surface area contributed by atoms with Gasteiger partial charge < -0.3 is 11.1 Å². The third kappa shape index (κ3) is 5.11. The van der Waals surface area contributed by atoms with Crippen molar-refractivity contribution in [3.63, 3.8) is 0 Å². The van der Waals surface area contributed by atoms with E-state index in [0.717, 1.165) is 20.9 Å². The van der Waals surface area contributed by atoms with Gasteiger partial charge in [0.15, 0.2) is 4.34 Å². The number of rotatable bonds is 7. The van der Waals surface area contributed by atoms with Crippen molar-refractivity contribution >= 4 is 62.4 Å². The van der Waals surface area contributed by atoms with Gasteiger partial charge in [0.05, 0.1) is 11.3 Å². The lowest BCUT2D eigenvalue weighted by molar-refractivity contribution is 0.252. The summed E-state index contributed by atoms with van der Waals surface area (Å²) in [5.41, 5.74) is 7.58. The minimum atomic E-state index is -2.43. The molecule has 2 heterocycles. The van der Waals surface area contributed by atoms with Crippen LogP contribution in [0, 0.1) is 0 Å². The Morgan fingerprint density at radius 3 is 2.62 bits per heavy atom. The predicted molar refractivity (Wildman–Crippen MR) is 115 cm³/mol. The van der Waals surface area contributed by atoms with E-state index in [1.165, 1.54) is 23.1 Å².